The average Bonchev–Trinajstić information content (AvgIpc) is 3.08. The molecule has 5 rings (SSSR count). The van der Waals surface area contributed by atoms with Gasteiger partial charge in [0, 0.05) is 42.7 Å². The first-order valence-electron chi connectivity index (χ1n) is 11.7. The third kappa shape index (κ3) is 4.38. The summed E-state index contributed by atoms with van der Waals surface area (Å²) in [5.41, 5.74) is 7.20. The molecule has 0 amide bonds. The molecule has 2 aliphatic heterocycles. The molecule has 1 fully saturated rings. The summed E-state index contributed by atoms with van der Waals surface area (Å²) < 4.78 is 11.6. The summed E-state index contributed by atoms with van der Waals surface area (Å²) in [5, 5.41) is 0. The molecule has 1 saturated heterocycles. The number of hydrogen-bond acceptors (Lipinski definition) is 4. The molecule has 3 aromatic rings. The molecule has 2 aliphatic rings. The Morgan fingerprint density at radius 1 is 0.939 bits per heavy atom. The highest BCUT2D eigenvalue weighted by Crippen LogP contribution is 2.42. The van der Waals surface area contributed by atoms with Crippen molar-refractivity contribution in [1.29, 1.82) is 0 Å². The van der Waals surface area contributed by atoms with Crippen LogP contribution in [0.25, 0.3) is 11.1 Å². The van der Waals surface area contributed by atoms with Crippen LogP contribution in [0.2, 0.25) is 0 Å². The summed E-state index contributed by atoms with van der Waals surface area (Å²) in [6.07, 6.45) is 3.80. The summed E-state index contributed by atoms with van der Waals surface area (Å²) in [7, 11) is 1.68. The van der Waals surface area contributed by atoms with Crippen molar-refractivity contribution in [1.82, 2.24) is 0 Å². The number of piperidine rings is 1. The summed E-state index contributed by atoms with van der Waals surface area (Å²) in [4.78, 5) is 13.5. The van der Waals surface area contributed by atoms with Crippen LogP contribution in [0.4, 0.5) is 5.69 Å². The number of rotatable bonds is 5. The zero-order valence-corrected chi connectivity index (χ0v) is 19.0. The van der Waals surface area contributed by atoms with E-state index in [1.807, 2.05) is 12.1 Å². The van der Waals surface area contributed by atoms with Crippen LogP contribution in [0, 0.1) is 5.92 Å². The van der Waals surface area contributed by atoms with Gasteiger partial charge < -0.3 is 19.2 Å². The topological polar surface area (TPSA) is 38.8 Å². The zero-order valence-electron chi connectivity index (χ0n) is 19.0. The first-order chi connectivity index (χ1) is 16.3. The van der Waals surface area contributed by atoms with Gasteiger partial charge in [-0.15, -0.1) is 0 Å². The standard InChI is InChI=1S/C29H29NO3/c1-32-25-11-12-27-28(19-25)33-18-15-26(22-5-3-2-4-6-22)29(27)23-7-9-24(10-8-23)30-16-13-21(20-31)14-17-30/h2-12,19-21H,13-18H2,1H3. The van der Waals surface area contributed by atoms with Crippen LogP contribution in [-0.2, 0) is 4.79 Å². The van der Waals surface area contributed by atoms with E-state index >= 15 is 0 Å². The van der Waals surface area contributed by atoms with Gasteiger partial charge in [-0.3, -0.25) is 0 Å². The second-order valence-corrected chi connectivity index (χ2v) is 8.69. The second-order valence-electron chi connectivity index (χ2n) is 8.69. The fraction of sp³-hybridized carbons (Fsp3) is 0.276. The normalized spacial score (nSPS) is 16.6. The Kier molecular flexibility index (Phi) is 6.16. The van der Waals surface area contributed by atoms with E-state index in [2.05, 4.69) is 65.6 Å². The molecule has 4 heteroatoms. The highest BCUT2D eigenvalue weighted by molar-refractivity contribution is 6.00. The van der Waals surface area contributed by atoms with Crippen molar-refractivity contribution in [2.45, 2.75) is 19.3 Å². The number of benzene rings is 3. The first-order valence-corrected chi connectivity index (χ1v) is 11.7. The Balaban J connectivity index is 1.57. The van der Waals surface area contributed by atoms with Crippen LogP contribution < -0.4 is 14.4 Å². The second kappa shape index (κ2) is 9.53. The Morgan fingerprint density at radius 3 is 2.39 bits per heavy atom. The summed E-state index contributed by atoms with van der Waals surface area (Å²) in [6, 6.07) is 25.5. The minimum absolute atomic E-state index is 0.207. The molecule has 0 atom stereocenters. The molecule has 0 radical (unpaired) electrons. The van der Waals surface area contributed by atoms with Crippen LogP contribution in [0.1, 0.15) is 36.0 Å². The highest BCUT2D eigenvalue weighted by atomic mass is 16.5. The van der Waals surface area contributed by atoms with Crippen LogP contribution in [0.3, 0.4) is 0 Å². The Labute approximate surface area is 195 Å². The van der Waals surface area contributed by atoms with E-state index in [1.54, 1.807) is 7.11 Å². The van der Waals surface area contributed by atoms with Crippen molar-refractivity contribution in [2.75, 3.05) is 31.7 Å². The maximum atomic E-state index is 11.1. The van der Waals surface area contributed by atoms with Crippen LogP contribution in [-0.4, -0.2) is 33.1 Å². The van der Waals surface area contributed by atoms with Crippen LogP contribution in [0.5, 0.6) is 11.5 Å². The molecule has 0 N–H and O–H groups in total. The van der Waals surface area contributed by atoms with Crippen molar-refractivity contribution in [3.63, 3.8) is 0 Å². The van der Waals surface area contributed by atoms with Crippen molar-refractivity contribution in [3.8, 4) is 11.5 Å². The lowest BCUT2D eigenvalue weighted by atomic mass is 9.88. The quantitative estimate of drug-likeness (QED) is 0.467. The van der Waals surface area contributed by atoms with Crippen molar-refractivity contribution >= 4 is 23.1 Å². The van der Waals surface area contributed by atoms with E-state index < -0.39 is 0 Å². The number of ether oxygens (including phenoxy) is 2. The van der Waals surface area contributed by atoms with E-state index in [4.69, 9.17) is 9.47 Å². The van der Waals surface area contributed by atoms with Gasteiger partial charge in [-0.25, -0.2) is 0 Å². The fourth-order valence-corrected chi connectivity index (χ4v) is 4.90. The number of nitrogens with zero attached hydrogens (tertiary/aromatic N) is 1. The molecule has 0 aliphatic carbocycles. The molecule has 0 spiro atoms. The smallest absolute Gasteiger partial charge is 0.130 e. The Hall–Kier alpha value is -3.53. The Morgan fingerprint density at radius 2 is 1.70 bits per heavy atom. The van der Waals surface area contributed by atoms with Crippen molar-refractivity contribution in [3.05, 3.63) is 89.5 Å². The number of aldehydes is 1. The van der Waals surface area contributed by atoms with E-state index in [9.17, 15) is 4.79 Å². The number of carbonyl (C=O) groups is 1. The monoisotopic (exact) mass is 439 g/mol. The third-order valence-electron chi connectivity index (χ3n) is 6.74. The molecular weight excluding hydrogens is 410 g/mol. The molecule has 0 bridgehead atoms. The molecule has 4 nitrogen and oxygen atoms in total. The first kappa shape index (κ1) is 21.3. The zero-order chi connectivity index (χ0) is 22.6. The molecular formula is C29H29NO3. The molecule has 168 valence electrons. The van der Waals surface area contributed by atoms with E-state index in [-0.39, 0.29) is 5.92 Å². The van der Waals surface area contributed by atoms with Gasteiger partial charge in [0.25, 0.3) is 0 Å². The van der Waals surface area contributed by atoms with Crippen molar-refractivity contribution < 1.29 is 14.3 Å². The summed E-state index contributed by atoms with van der Waals surface area (Å²) in [5.74, 6) is 1.86. The molecule has 0 unspecified atom stereocenters. The van der Waals surface area contributed by atoms with E-state index in [1.165, 1.54) is 28.0 Å². The molecule has 3 aromatic carbocycles. The van der Waals surface area contributed by atoms with Gasteiger partial charge in [-0.1, -0.05) is 42.5 Å². The molecule has 33 heavy (non-hydrogen) atoms. The number of hydrogen-bond donors (Lipinski definition) is 0. The van der Waals surface area contributed by atoms with Gasteiger partial charge in [0.2, 0.25) is 0 Å². The largest absolute Gasteiger partial charge is 0.497 e. The van der Waals surface area contributed by atoms with Gasteiger partial charge in [0.15, 0.2) is 0 Å². The number of methoxy groups -OCH3 is 1. The summed E-state index contributed by atoms with van der Waals surface area (Å²) >= 11 is 0. The maximum Gasteiger partial charge on any atom is 0.130 e. The Bertz CT molecular complexity index is 1140. The fourth-order valence-electron chi connectivity index (χ4n) is 4.90. The van der Waals surface area contributed by atoms with E-state index in [0.29, 0.717) is 6.61 Å². The van der Waals surface area contributed by atoms with Gasteiger partial charge in [0.05, 0.1) is 13.7 Å². The van der Waals surface area contributed by atoms with Gasteiger partial charge in [-0.2, -0.15) is 0 Å². The number of carbonyl (C=O) groups excluding carboxylic acids is 1. The predicted octanol–water partition coefficient (Wildman–Crippen LogP) is 5.85. The number of fused-ring (bicyclic) bond motifs is 1. The summed E-state index contributed by atoms with van der Waals surface area (Å²) in [6.45, 7) is 2.48. The lowest BCUT2D eigenvalue weighted by Crippen LogP contribution is -2.34. The predicted molar refractivity (Wildman–Crippen MR) is 133 cm³/mol. The van der Waals surface area contributed by atoms with Crippen molar-refractivity contribution in [2.24, 2.45) is 5.92 Å². The lowest BCUT2D eigenvalue weighted by molar-refractivity contribution is -0.111. The molecule has 0 aromatic heterocycles. The minimum atomic E-state index is 0.207. The van der Waals surface area contributed by atoms with Gasteiger partial charge in [0.1, 0.15) is 17.8 Å². The lowest BCUT2D eigenvalue weighted by Gasteiger charge is -2.31. The van der Waals surface area contributed by atoms with Gasteiger partial charge >= 0.3 is 0 Å². The van der Waals surface area contributed by atoms with Crippen LogP contribution in [0.15, 0.2) is 72.8 Å². The van der Waals surface area contributed by atoms with Gasteiger partial charge in [-0.05, 0) is 59.4 Å². The van der Waals surface area contributed by atoms with E-state index in [0.717, 1.165) is 55.7 Å². The average molecular weight is 440 g/mol. The minimum Gasteiger partial charge on any atom is -0.497 e. The maximum absolute atomic E-state index is 11.1. The molecule has 2 heterocycles. The molecule has 0 saturated carbocycles. The van der Waals surface area contributed by atoms with Crippen LogP contribution >= 0.6 is 0 Å². The third-order valence-corrected chi connectivity index (χ3v) is 6.74. The SMILES string of the molecule is COc1ccc2c(c1)OCCC(c1ccccc1)=C2c1ccc(N2CCC(C=O)CC2)cc1. The number of anilines is 1. The highest BCUT2D eigenvalue weighted by Gasteiger charge is 2.23.